The number of piperidine rings is 2. The van der Waals surface area contributed by atoms with Gasteiger partial charge in [0.15, 0.2) is 5.65 Å². The van der Waals surface area contributed by atoms with E-state index in [0.29, 0.717) is 13.3 Å². The minimum absolute atomic E-state index is 0.0832. The molecule has 10 heteroatoms. The van der Waals surface area contributed by atoms with E-state index in [1.54, 1.807) is 6.20 Å². The van der Waals surface area contributed by atoms with Crippen LogP contribution in [0.15, 0.2) is 23.1 Å². The SMILES string of the molecule is O=C(O)C(=O)O.O=c1n(CN2CCCCC2)c2cccnc2n1CN1CCCCC1. The molecular weight excluding hydrogens is 390 g/mol. The van der Waals surface area contributed by atoms with Gasteiger partial charge in [-0.1, -0.05) is 12.8 Å². The summed E-state index contributed by atoms with van der Waals surface area (Å²) in [7, 11) is 0. The number of nitrogens with zero attached hydrogens (tertiary/aromatic N) is 5. The highest BCUT2D eigenvalue weighted by atomic mass is 16.4. The lowest BCUT2D eigenvalue weighted by molar-refractivity contribution is -0.159. The van der Waals surface area contributed by atoms with Gasteiger partial charge in [0.25, 0.3) is 0 Å². The number of carbonyl (C=O) groups is 2. The van der Waals surface area contributed by atoms with E-state index in [1.165, 1.54) is 38.5 Å². The number of hydrogen-bond acceptors (Lipinski definition) is 6. The topological polar surface area (TPSA) is 121 Å². The Morgan fingerprint density at radius 3 is 1.83 bits per heavy atom. The zero-order chi connectivity index (χ0) is 21.5. The molecule has 0 atom stereocenters. The standard InChI is InChI=1S/C18H27N5O.C2H2O4/c24-18-22(14-20-10-3-1-4-11-20)16-8-7-9-19-17(16)23(18)15-21-12-5-2-6-13-21;3-1(4)2(5)6/h7-9H,1-6,10-15H2;(H,3,4)(H,5,6). The Kier molecular flexibility index (Phi) is 7.58. The van der Waals surface area contributed by atoms with Gasteiger partial charge in [-0.25, -0.2) is 19.4 Å². The second kappa shape index (κ2) is 10.4. The second-order valence-corrected chi connectivity index (χ2v) is 7.74. The molecular formula is C20H29N5O5. The normalized spacial score (nSPS) is 18.0. The smallest absolute Gasteiger partial charge is 0.414 e. The van der Waals surface area contributed by atoms with E-state index in [4.69, 9.17) is 19.8 Å². The maximum Gasteiger partial charge on any atom is 0.414 e. The number of carboxylic acids is 2. The highest BCUT2D eigenvalue weighted by Crippen LogP contribution is 2.16. The van der Waals surface area contributed by atoms with E-state index < -0.39 is 11.9 Å². The van der Waals surface area contributed by atoms with Crippen LogP contribution in [0.25, 0.3) is 11.2 Å². The maximum absolute atomic E-state index is 13.1. The van der Waals surface area contributed by atoms with Crippen LogP contribution in [-0.4, -0.2) is 72.2 Å². The Hall–Kier alpha value is -2.72. The van der Waals surface area contributed by atoms with Crippen molar-refractivity contribution in [3.05, 3.63) is 28.8 Å². The zero-order valence-electron chi connectivity index (χ0n) is 17.1. The van der Waals surface area contributed by atoms with Crippen molar-refractivity contribution in [1.82, 2.24) is 23.9 Å². The van der Waals surface area contributed by atoms with Gasteiger partial charge in [-0.2, -0.15) is 0 Å². The molecule has 2 N–H and O–H groups in total. The zero-order valence-corrected chi connectivity index (χ0v) is 17.1. The summed E-state index contributed by atoms with van der Waals surface area (Å²) in [6.07, 6.45) is 9.34. The molecule has 164 valence electrons. The third kappa shape index (κ3) is 5.45. The van der Waals surface area contributed by atoms with Crippen LogP contribution in [0, 0.1) is 0 Å². The van der Waals surface area contributed by atoms with Crippen molar-refractivity contribution in [1.29, 1.82) is 0 Å². The molecule has 0 aliphatic carbocycles. The Labute approximate surface area is 174 Å². The Bertz CT molecular complexity index is 853. The average Bonchev–Trinajstić information content (AvgIpc) is 3.02. The second-order valence-electron chi connectivity index (χ2n) is 7.74. The van der Waals surface area contributed by atoms with Crippen LogP contribution in [0.1, 0.15) is 38.5 Å². The van der Waals surface area contributed by atoms with Crippen molar-refractivity contribution < 1.29 is 19.8 Å². The van der Waals surface area contributed by atoms with Gasteiger partial charge < -0.3 is 10.2 Å². The van der Waals surface area contributed by atoms with Crippen molar-refractivity contribution in [2.45, 2.75) is 51.9 Å². The first-order chi connectivity index (χ1) is 14.5. The molecule has 0 amide bonds. The molecule has 0 aromatic carbocycles. The van der Waals surface area contributed by atoms with Gasteiger partial charge in [-0.3, -0.25) is 18.9 Å². The predicted octanol–water partition coefficient (Wildman–Crippen LogP) is 1.24. The number of carboxylic acid groups (broad SMARTS) is 2. The van der Waals surface area contributed by atoms with Gasteiger partial charge in [-0.15, -0.1) is 0 Å². The fourth-order valence-corrected chi connectivity index (χ4v) is 4.01. The van der Waals surface area contributed by atoms with Crippen molar-refractivity contribution >= 4 is 23.1 Å². The Balaban J connectivity index is 0.000000377. The molecule has 0 spiro atoms. The average molecular weight is 419 g/mol. The summed E-state index contributed by atoms with van der Waals surface area (Å²) < 4.78 is 3.78. The number of likely N-dealkylation sites (tertiary alicyclic amines) is 2. The van der Waals surface area contributed by atoms with Gasteiger partial charge in [0.1, 0.15) is 0 Å². The molecule has 0 radical (unpaired) electrons. The number of pyridine rings is 1. The van der Waals surface area contributed by atoms with Crippen molar-refractivity contribution in [3.63, 3.8) is 0 Å². The molecule has 30 heavy (non-hydrogen) atoms. The molecule has 0 saturated carbocycles. The van der Waals surface area contributed by atoms with Crippen molar-refractivity contribution in [3.8, 4) is 0 Å². The fraction of sp³-hybridized carbons (Fsp3) is 0.600. The monoisotopic (exact) mass is 419 g/mol. The fourth-order valence-electron chi connectivity index (χ4n) is 4.01. The molecule has 2 aromatic rings. The van der Waals surface area contributed by atoms with Crippen molar-refractivity contribution in [2.75, 3.05) is 26.2 Å². The minimum Gasteiger partial charge on any atom is -0.473 e. The van der Waals surface area contributed by atoms with Crippen LogP contribution in [0.3, 0.4) is 0 Å². The van der Waals surface area contributed by atoms with Gasteiger partial charge in [0.2, 0.25) is 0 Å². The summed E-state index contributed by atoms with van der Waals surface area (Å²) in [5.74, 6) is -3.65. The van der Waals surface area contributed by atoms with Gasteiger partial charge in [0, 0.05) is 6.20 Å². The molecule has 2 aromatic heterocycles. The van der Waals surface area contributed by atoms with E-state index in [-0.39, 0.29) is 5.69 Å². The molecule has 4 heterocycles. The number of rotatable bonds is 4. The summed E-state index contributed by atoms with van der Waals surface area (Å²) in [6, 6.07) is 3.96. The third-order valence-electron chi connectivity index (χ3n) is 5.54. The van der Waals surface area contributed by atoms with Crippen LogP contribution in [-0.2, 0) is 22.9 Å². The summed E-state index contributed by atoms with van der Waals surface area (Å²) in [5.41, 5.74) is 1.87. The van der Waals surface area contributed by atoms with Crippen LogP contribution in [0.5, 0.6) is 0 Å². The number of fused-ring (bicyclic) bond motifs is 1. The van der Waals surface area contributed by atoms with Gasteiger partial charge in [0.05, 0.1) is 18.9 Å². The maximum atomic E-state index is 13.1. The van der Waals surface area contributed by atoms with E-state index in [9.17, 15) is 4.79 Å². The van der Waals surface area contributed by atoms with Crippen LogP contribution in [0.4, 0.5) is 0 Å². The summed E-state index contributed by atoms with van der Waals surface area (Å²) in [4.78, 5) is 40.6. The van der Waals surface area contributed by atoms with E-state index in [1.807, 2.05) is 21.3 Å². The molecule has 4 rings (SSSR count). The summed E-state index contributed by atoms with van der Waals surface area (Å²) in [6.45, 7) is 5.69. The first-order valence-corrected chi connectivity index (χ1v) is 10.4. The summed E-state index contributed by atoms with van der Waals surface area (Å²) in [5, 5.41) is 14.8. The number of aliphatic carboxylic acids is 2. The minimum atomic E-state index is -1.82. The number of hydrogen-bond donors (Lipinski definition) is 2. The predicted molar refractivity (Wildman–Crippen MR) is 110 cm³/mol. The number of aromatic nitrogens is 3. The van der Waals surface area contributed by atoms with Crippen LogP contribution < -0.4 is 5.69 Å². The van der Waals surface area contributed by atoms with E-state index >= 15 is 0 Å². The van der Waals surface area contributed by atoms with Gasteiger partial charge >= 0.3 is 17.6 Å². The lowest BCUT2D eigenvalue weighted by Crippen LogP contribution is -2.39. The molecule has 2 saturated heterocycles. The molecule has 0 bridgehead atoms. The first-order valence-electron chi connectivity index (χ1n) is 10.4. The van der Waals surface area contributed by atoms with Crippen molar-refractivity contribution in [2.24, 2.45) is 0 Å². The quantitative estimate of drug-likeness (QED) is 0.710. The first kappa shape index (κ1) is 22.0. The molecule has 10 nitrogen and oxygen atoms in total. The lowest BCUT2D eigenvalue weighted by atomic mass is 10.1. The van der Waals surface area contributed by atoms with Crippen LogP contribution in [0.2, 0.25) is 0 Å². The lowest BCUT2D eigenvalue weighted by Gasteiger charge is -2.27. The third-order valence-corrected chi connectivity index (χ3v) is 5.54. The highest BCUT2D eigenvalue weighted by Gasteiger charge is 2.20. The Morgan fingerprint density at radius 1 is 0.833 bits per heavy atom. The van der Waals surface area contributed by atoms with Crippen LogP contribution >= 0.6 is 0 Å². The largest absolute Gasteiger partial charge is 0.473 e. The number of imidazole rings is 1. The summed E-state index contributed by atoms with van der Waals surface area (Å²) >= 11 is 0. The Morgan fingerprint density at radius 2 is 1.33 bits per heavy atom. The van der Waals surface area contributed by atoms with Gasteiger partial charge in [-0.05, 0) is 64.0 Å². The molecule has 2 aliphatic rings. The van der Waals surface area contributed by atoms with E-state index in [0.717, 1.165) is 37.3 Å². The molecule has 2 fully saturated rings. The highest BCUT2D eigenvalue weighted by molar-refractivity contribution is 6.27. The van der Waals surface area contributed by atoms with E-state index in [2.05, 4.69) is 14.8 Å². The molecule has 2 aliphatic heterocycles. The molecule has 0 unspecified atom stereocenters.